The molecule has 4 aromatic rings. The zero-order valence-corrected chi connectivity index (χ0v) is 16.1. The summed E-state index contributed by atoms with van der Waals surface area (Å²) >= 11 is 0. The topological polar surface area (TPSA) is 73.0 Å². The molecule has 0 radical (unpaired) electrons. The van der Waals surface area contributed by atoms with Crippen molar-refractivity contribution in [1.82, 2.24) is 19.8 Å². The highest BCUT2D eigenvalue weighted by Gasteiger charge is 2.24. The Balaban J connectivity index is 1.80. The van der Waals surface area contributed by atoms with Crippen LogP contribution in [0.2, 0.25) is 0 Å². The van der Waals surface area contributed by atoms with Crippen molar-refractivity contribution in [3.8, 4) is 16.8 Å². The molecule has 0 aliphatic carbocycles. The Morgan fingerprint density at radius 3 is 2.27 bits per heavy atom. The van der Waals surface area contributed by atoms with E-state index in [1.807, 2.05) is 24.3 Å². The number of nitrogens with zero attached hydrogens (tertiary/aromatic N) is 5. The molecule has 1 heterocycles. The van der Waals surface area contributed by atoms with Crippen LogP contribution in [0.1, 0.15) is 6.92 Å². The van der Waals surface area contributed by atoms with Gasteiger partial charge in [-0.2, -0.15) is 4.68 Å². The molecule has 0 bridgehead atoms. The fraction of sp³-hybridized carbons (Fsp3) is 0.0909. The van der Waals surface area contributed by atoms with E-state index < -0.39 is 17.5 Å². The van der Waals surface area contributed by atoms with Crippen molar-refractivity contribution >= 4 is 11.7 Å². The molecule has 0 N–H and O–H groups in total. The summed E-state index contributed by atoms with van der Waals surface area (Å²) in [6.07, 6.45) is 0. The number of halogens is 1. The Hall–Kier alpha value is -4.07. The molecule has 3 aromatic carbocycles. The number of benzene rings is 3. The number of carbonyl (C=O) groups excluding carboxylic acids is 1. The minimum atomic E-state index is -0.850. The third-order valence-electron chi connectivity index (χ3n) is 4.66. The van der Waals surface area contributed by atoms with Crippen LogP contribution in [-0.4, -0.2) is 32.4 Å². The first-order valence-electron chi connectivity index (χ1n) is 9.38. The van der Waals surface area contributed by atoms with Gasteiger partial charge in [-0.1, -0.05) is 60.7 Å². The van der Waals surface area contributed by atoms with E-state index in [0.717, 1.165) is 4.68 Å². The number of para-hydroxylation sites is 2. The second kappa shape index (κ2) is 8.12. The van der Waals surface area contributed by atoms with Crippen molar-refractivity contribution in [2.45, 2.75) is 6.92 Å². The highest BCUT2D eigenvalue weighted by molar-refractivity contribution is 5.92. The first-order chi connectivity index (χ1) is 14.6. The standard InChI is InChI=1S/C22H18FN5O2/c1-2-26(17-12-7-4-8-13-17)21(29)28-22(30)27(24-25-28)20-18(14-9-15-19(20)23)16-10-5-3-6-11-16/h3-15H,2H2,1H3. The number of carbonyl (C=O) groups is 1. The third-order valence-corrected chi connectivity index (χ3v) is 4.66. The molecule has 0 spiro atoms. The van der Waals surface area contributed by atoms with E-state index in [0.29, 0.717) is 28.0 Å². The molecule has 1 aromatic heterocycles. The Kier molecular flexibility index (Phi) is 5.21. The van der Waals surface area contributed by atoms with Gasteiger partial charge in [0.2, 0.25) is 0 Å². The van der Waals surface area contributed by atoms with Gasteiger partial charge >= 0.3 is 11.7 Å². The molecule has 150 valence electrons. The van der Waals surface area contributed by atoms with Crippen LogP contribution in [0.5, 0.6) is 0 Å². The molecule has 4 rings (SSSR count). The van der Waals surface area contributed by atoms with Crippen LogP contribution in [0.25, 0.3) is 16.8 Å². The Morgan fingerprint density at radius 1 is 0.933 bits per heavy atom. The number of amides is 1. The number of aromatic nitrogens is 4. The number of anilines is 1. The van der Waals surface area contributed by atoms with Crippen LogP contribution in [0.3, 0.4) is 0 Å². The summed E-state index contributed by atoms with van der Waals surface area (Å²) in [6.45, 7) is 2.10. The van der Waals surface area contributed by atoms with E-state index in [2.05, 4.69) is 10.4 Å². The predicted molar refractivity (Wildman–Crippen MR) is 111 cm³/mol. The van der Waals surface area contributed by atoms with Crippen LogP contribution >= 0.6 is 0 Å². The second-order valence-electron chi connectivity index (χ2n) is 6.45. The SMILES string of the molecule is CCN(C(=O)n1nnn(-c2c(F)cccc2-c2ccccc2)c1=O)c1ccccc1. The largest absolute Gasteiger partial charge is 0.377 e. The minimum absolute atomic E-state index is 0.0597. The van der Waals surface area contributed by atoms with E-state index in [4.69, 9.17) is 0 Å². The van der Waals surface area contributed by atoms with Gasteiger partial charge in [-0.3, -0.25) is 4.90 Å². The van der Waals surface area contributed by atoms with E-state index in [1.165, 1.54) is 11.0 Å². The van der Waals surface area contributed by atoms with Gasteiger partial charge in [0.25, 0.3) is 0 Å². The van der Waals surface area contributed by atoms with Crippen LogP contribution in [-0.2, 0) is 0 Å². The van der Waals surface area contributed by atoms with Crippen molar-refractivity contribution in [2.24, 2.45) is 0 Å². The summed E-state index contributed by atoms with van der Waals surface area (Å²) < 4.78 is 16.2. The fourth-order valence-corrected chi connectivity index (χ4v) is 3.24. The molecule has 7 nitrogen and oxygen atoms in total. The molecule has 0 fully saturated rings. The molecule has 0 saturated heterocycles. The Morgan fingerprint density at radius 2 is 1.60 bits per heavy atom. The first-order valence-corrected chi connectivity index (χ1v) is 9.38. The average Bonchev–Trinajstić information content (AvgIpc) is 3.16. The summed E-state index contributed by atoms with van der Waals surface area (Å²) in [7, 11) is 0. The molecular formula is C22H18FN5O2. The fourth-order valence-electron chi connectivity index (χ4n) is 3.24. The van der Waals surface area contributed by atoms with Crippen LogP contribution in [0.4, 0.5) is 14.9 Å². The smallest absolute Gasteiger partial charge is 0.293 e. The van der Waals surface area contributed by atoms with Gasteiger partial charge in [0.1, 0.15) is 11.5 Å². The normalized spacial score (nSPS) is 10.7. The van der Waals surface area contributed by atoms with Crippen LogP contribution < -0.4 is 10.6 Å². The summed E-state index contributed by atoms with van der Waals surface area (Å²) in [5, 5.41) is 7.52. The van der Waals surface area contributed by atoms with Crippen molar-refractivity contribution in [2.75, 3.05) is 11.4 Å². The Labute approximate surface area is 171 Å². The zero-order chi connectivity index (χ0) is 21.1. The van der Waals surface area contributed by atoms with E-state index >= 15 is 0 Å². The highest BCUT2D eigenvalue weighted by atomic mass is 19.1. The van der Waals surface area contributed by atoms with Crippen molar-refractivity contribution in [1.29, 1.82) is 0 Å². The van der Waals surface area contributed by atoms with Crippen molar-refractivity contribution in [3.63, 3.8) is 0 Å². The van der Waals surface area contributed by atoms with Gasteiger partial charge in [-0.25, -0.2) is 14.0 Å². The molecule has 0 aliphatic heterocycles. The minimum Gasteiger partial charge on any atom is -0.293 e. The maximum atomic E-state index is 14.8. The lowest BCUT2D eigenvalue weighted by Crippen LogP contribution is -2.41. The zero-order valence-electron chi connectivity index (χ0n) is 16.1. The van der Waals surface area contributed by atoms with Crippen LogP contribution in [0.15, 0.2) is 83.7 Å². The lowest BCUT2D eigenvalue weighted by molar-refractivity contribution is 0.244. The second-order valence-corrected chi connectivity index (χ2v) is 6.45. The quantitative estimate of drug-likeness (QED) is 0.487. The van der Waals surface area contributed by atoms with E-state index in [9.17, 15) is 14.0 Å². The predicted octanol–water partition coefficient (Wildman–Crippen LogP) is 3.73. The van der Waals surface area contributed by atoms with Gasteiger partial charge in [0.15, 0.2) is 0 Å². The number of hydrogen-bond acceptors (Lipinski definition) is 4. The summed E-state index contributed by atoms with van der Waals surface area (Å²) in [5.74, 6) is -0.645. The van der Waals surface area contributed by atoms with E-state index in [-0.39, 0.29) is 5.69 Å². The molecule has 0 atom stereocenters. The third kappa shape index (κ3) is 3.39. The van der Waals surface area contributed by atoms with Crippen molar-refractivity contribution < 1.29 is 9.18 Å². The average molecular weight is 403 g/mol. The number of rotatable bonds is 4. The lowest BCUT2D eigenvalue weighted by atomic mass is 10.0. The monoisotopic (exact) mass is 403 g/mol. The molecule has 1 amide bonds. The maximum absolute atomic E-state index is 14.8. The Bertz CT molecular complexity index is 1240. The molecule has 0 aliphatic rings. The molecule has 0 saturated carbocycles. The number of tetrazole rings is 1. The maximum Gasteiger partial charge on any atom is 0.377 e. The summed E-state index contributed by atoms with van der Waals surface area (Å²) in [5.41, 5.74) is 0.876. The van der Waals surface area contributed by atoms with Gasteiger partial charge < -0.3 is 0 Å². The summed E-state index contributed by atoms with van der Waals surface area (Å²) in [6, 6.07) is 21.8. The first kappa shape index (κ1) is 19.3. The van der Waals surface area contributed by atoms with Gasteiger partial charge in [-0.15, -0.1) is 4.68 Å². The molecule has 30 heavy (non-hydrogen) atoms. The van der Waals surface area contributed by atoms with Gasteiger partial charge in [0.05, 0.1) is 0 Å². The molecule has 8 heteroatoms. The van der Waals surface area contributed by atoms with Gasteiger partial charge in [0, 0.05) is 17.8 Å². The van der Waals surface area contributed by atoms with Crippen LogP contribution in [0, 0.1) is 5.82 Å². The molecular weight excluding hydrogens is 385 g/mol. The van der Waals surface area contributed by atoms with E-state index in [1.54, 1.807) is 55.5 Å². The molecule has 0 unspecified atom stereocenters. The van der Waals surface area contributed by atoms with Crippen molar-refractivity contribution in [3.05, 3.63) is 95.2 Å². The number of hydrogen-bond donors (Lipinski definition) is 0. The highest BCUT2D eigenvalue weighted by Crippen LogP contribution is 2.27. The lowest BCUT2D eigenvalue weighted by Gasteiger charge is -2.19. The van der Waals surface area contributed by atoms with Gasteiger partial charge in [-0.05, 0) is 41.1 Å². The summed E-state index contributed by atoms with van der Waals surface area (Å²) in [4.78, 5) is 27.3.